The number of aromatic nitrogens is 3. The largest absolute Gasteiger partial charge is 0.359 e. The normalized spacial score (nSPS) is 15.4. The maximum absolute atomic E-state index is 12.3. The number of carbonyl (C=O) groups is 2. The standard InChI is InChI=1S/C19H19N5O3/c1-12-9-21-24(10-12)11-13-8-17(23-27-13)19(26)20-7-6-15-14-4-2-3-5-16(14)22-18(15)25/h2-5,8-10,15H,6-7,11H2,1H3,(H,20,26)(H,22,25)/t15-/m0/s1. The van der Waals surface area contributed by atoms with Gasteiger partial charge in [-0.05, 0) is 30.5 Å². The van der Waals surface area contributed by atoms with Crippen LogP contribution in [0.4, 0.5) is 5.69 Å². The summed E-state index contributed by atoms with van der Waals surface area (Å²) in [5.41, 5.74) is 3.07. The number of hydrogen-bond acceptors (Lipinski definition) is 5. The number of carbonyl (C=O) groups excluding carboxylic acids is 2. The van der Waals surface area contributed by atoms with Crippen LogP contribution in [-0.4, -0.2) is 33.3 Å². The summed E-state index contributed by atoms with van der Waals surface area (Å²) >= 11 is 0. The average molecular weight is 365 g/mol. The molecule has 0 saturated carbocycles. The molecule has 0 aliphatic carbocycles. The first-order valence-electron chi connectivity index (χ1n) is 8.73. The van der Waals surface area contributed by atoms with E-state index < -0.39 is 0 Å². The zero-order valence-corrected chi connectivity index (χ0v) is 14.8. The van der Waals surface area contributed by atoms with Crippen molar-refractivity contribution in [1.82, 2.24) is 20.3 Å². The highest BCUT2D eigenvalue weighted by Crippen LogP contribution is 2.33. The summed E-state index contributed by atoms with van der Waals surface area (Å²) < 4.78 is 6.92. The topological polar surface area (TPSA) is 102 Å². The van der Waals surface area contributed by atoms with Crippen molar-refractivity contribution in [2.75, 3.05) is 11.9 Å². The average Bonchev–Trinajstić information content (AvgIpc) is 3.35. The zero-order valence-electron chi connectivity index (χ0n) is 14.8. The van der Waals surface area contributed by atoms with E-state index in [-0.39, 0.29) is 23.4 Å². The highest BCUT2D eigenvalue weighted by atomic mass is 16.5. The SMILES string of the molecule is Cc1cnn(Cc2cc(C(=O)NCC[C@@H]3C(=O)Nc4ccccc43)no2)c1. The predicted octanol–water partition coefficient (Wildman–Crippen LogP) is 2.08. The van der Waals surface area contributed by atoms with Gasteiger partial charge in [-0.25, -0.2) is 0 Å². The number of para-hydroxylation sites is 1. The van der Waals surface area contributed by atoms with Gasteiger partial charge < -0.3 is 15.2 Å². The van der Waals surface area contributed by atoms with Crippen molar-refractivity contribution in [2.45, 2.75) is 25.8 Å². The Morgan fingerprint density at radius 3 is 3.04 bits per heavy atom. The number of nitrogens with zero attached hydrogens (tertiary/aromatic N) is 3. The second-order valence-corrected chi connectivity index (χ2v) is 6.57. The molecule has 0 spiro atoms. The van der Waals surface area contributed by atoms with Crippen LogP contribution < -0.4 is 10.6 Å². The molecule has 1 aromatic carbocycles. The monoisotopic (exact) mass is 365 g/mol. The summed E-state index contributed by atoms with van der Waals surface area (Å²) in [7, 11) is 0. The molecule has 1 atom stereocenters. The molecule has 8 nitrogen and oxygen atoms in total. The lowest BCUT2D eigenvalue weighted by molar-refractivity contribution is -0.117. The van der Waals surface area contributed by atoms with Crippen LogP contribution in [0, 0.1) is 6.92 Å². The van der Waals surface area contributed by atoms with E-state index in [0.717, 1.165) is 16.8 Å². The highest BCUT2D eigenvalue weighted by molar-refractivity contribution is 6.02. The number of benzene rings is 1. The maximum atomic E-state index is 12.3. The third kappa shape index (κ3) is 3.59. The van der Waals surface area contributed by atoms with Crippen LogP contribution in [0.5, 0.6) is 0 Å². The van der Waals surface area contributed by atoms with Crippen molar-refractivity contribution in [3.63, 3.8) is 0 Å². The molecule has 4 rings (SSSR count). The third-order valence-corrected chi connectivity index (χ3v) is 4.50. The summed E-state index contributed by atoms with van der Waals surface area (Å²) in [6.45, 7) is 2.73. The molecule has 2 aromatic heterocycles. The van der Waals surface area contributed by atoms with Crippen molar-refractivity contribution in [3.05, 3.63) is 65.3 Å². The van der Waals surface area contributed by atoms with E-state index in [1.165, 1.54) is 0 Å². The van der Waals surface area contributed by atoms with Crippen LogP contribution in [0.15, 0.2) is 47.2 Å². The van der Waals surface area contributed by atoms with Gasteiger partial charge in [-0.1, -0.05) is 23.4 Å². The highest BCUT2D eigenvalue weighted by Gasteiger charge is 2.29. The van der Waals surface area contributed by atoms with E-state index >= 15 is 0 Å². The Kier molecular flexibility index (Phi) is 4.45. The molecule has 1 aliphatic heterocycles. The fourth-order valence-corrected chi connectivity index (χ4v) is 3.19. The molecule has 3 heterocycles. The minimum Gasteiger partial charge on any atom is -0.359 e. The van der Waals surface area contributed by atoms with E-state index in [1.54, 1.807) is 16.9 Å². The lowest BCUT2D eigenvalue weighted by atomic mass is 9.97. The van der Waals surface area contributed by atoms with Crippen molar-refractivity contribution >= 4 is 17.5 Å². The van der Waals surface area contributed by atoms with Gasteiger partial charge in [0, 0.05) is 24.5 Å². The zero-order chi connectivity index (χ0) is 18.8. The van der Waals surface area contributed by atoms with E-state index in [0.29, 0.717) is 25.3 Å². The number of anilines is 1. The minimum absolute atomic E-state index is 0.0383. The van der Waals surface area contributed by atoms with E-state index in [4.69, 9.17) is 4.52 Å². The molecule has 0 radical (unpaired) electrons. The van der Waals surface area contributed by atoms with Crippen LogP contribution in [0.2, 0.25) is 0 Å². The molecular formula is C19H19N5O3. The Balaban J connectivity index is 1.32. The van der Waals surface area contributed by atoms with Crippen LogP contribution in [0.25, 0.3) is 0 Å². The molecule has 0 unspecified atom stereocenters. The summed E-state index contributed by atoms with van der Waals surface area (Å²) in [4.78, 5) is 24.4. The first-order valence-corrected chi connectivity index (χ1v) is 8.73. The van der Waals surface area contributed by atoms with Crippen molar-refractivity contribution in [1.29, 1.82) is 0 Å². The minimum atomic E-state index is -0.326. The number of amides is 2. The molecule has 3 aromatic rings. The van der Waals surface area contributed by atoms with Crippen molar-refractivity contribution < 1.29 is 14.1 Å². The van der Waals surface area contributed by atoms with Gasteiger partial charge in [-0.3, -0.25) is 14.3 Å². The Hall–Kier alpha value is -3.42. The third-order valence-electron chi connectivity index (χ3n) is 4.50. The molecule has 8 heteroatoms. The quantitative estimate of drug-likeness (QED) is 0.696. The molecular weight excluding hydrogens is 346 g/mol. The second-order valence-electron chi connectivity index (χ2n) is 6.57. The molecule has 27 heavy (non-hydrogen) atoms. The number of rotatable bonds is 6. The molecule has 2 amide bonds. The Bertz CT molecular complexity index is 991. The fourth-order valence-electron chi connectivity index (χ4n) is 3.19. The Labute approximate surface area is 155 Å². The predicted molar refractivity (Wildman–Crippen MR) is 97.3 cm³/mol. The Morgan fingerprint density at radius 1 is 1.37 bits per heavy atom. The van der Waals surface area contributed by atoms with Crippen LogP contribution >= 0.6 is 0 Å². The fraction of sp³-hybridized carbons (Fsp3) is 0.263. The lowest BCUT2D eigenvalue weighted by Gasteiger charge is -2.09. The summed E-state index contributed by atoms with van der Waals surface area (Å²) in [5.74, 6) is -0.0678. The molecule has 2 N–H and O–H groups in total. The number of nitrogens with one attached hydrogen (secondary N) is 2. The summed E-state index contributed by atoms with van der Waals surface area (Å²) in [5, 5.41) is 13.6. The van der Waals surface area contributed by atoms with Gasteiger partial charge in [0.05, 0.1) is 12.1 Å². The first kappa shape index (κ1) is 17.0. The van der Waals surface area contributed by atoms with Gasteiger partial charge >= 0.3 is 0 Å². The van der Waals surface area contributed by atoms with E-state index in [2.05, 4.69) is 20.9 Å². The smallest absolute Gasteiger partial charge is 0.273 e. The molecule has 138 valence electrons. The van der Waals surface area contributed by atoms with Gasteiger partial charge in [0.25, 0.3) is 5.91 Å². The van der Waals surface area contributed by atoms with Crippen molar-refractivity contribution in [2.24, 2.45) is 0 Å². The maximum Gasteiger partial charge on any atom is 0.273 e. The van der Waals surface area contributed by atoms with Crippen LogP contribution in [0.1, 0.15) is 39.7 Å². The first-order chi connectivity index (χ1) is 13.1. The molecule has 1 aliphatic rings. The van der Waals surface area contributed by atoms with E-state index in [1.807, 2.05) is 37.4 Å². The number of hydrogen-bond donors (Lipinski definition) is 2. The summed E-state index contributed by atoms with van der Waals surface area (Å²) in [6.07, 6.45) is 4.15. The van der Waals surface area contributed by atoms with Gasteiger partial charge in [0.1, 0.15) is 6.54 Å². The second kappa shape index (κ2) is 7.06. The van der Waals surface area contributed by atoms with Gasteiger partial charge in [0.15, 0.2) is 11.5 Å². The summed E-state index contributed by atoms with van der Waals surface area (Å²) in [6, 6.07) is 9.20. The van der Waals surface area contributed by atoms with Crippen molar-refractivity contribution in [3.8, 4) is 0 Å². The van der Waals surface area contributed by atoms with E-state index in [9.17, 15) is 9.59 Å². The van der Waals surface area contributed by atoms with Gasteiger partial charge in [-0.15, -0.1) is 0 Å². The van der Waals surface area contributed by atoms with Gasteiger partial charge in [0.2, 0.25) is 5.91 Å². The molecule has 0 saturated heterocycles. The van der Waals surface area contributed by atoms with Crippen LogP contribution in [-0.2, 0) is 11.3 Å². The number of fused-ring (bicyclic) bond motifs is 1. The van der Waals surface area contributed by atoms with Gasteiger partial charge in [-0.2, -0.15) is 5.10 Å². The Morgan fingerprint density at radius 2 is 2.22 bits per heavy atom. The molecule has 0 bridgehead atoms. The number of aryl methyl sites for hydroxylation is 1. The molecule has 0 fully saturated rings. The van der Waals surface area contributed by atoms with Crippen LogP contribution in [0.3, 0.4) is 0 Å². The lowest BCUT2D eigenvalue weighted by Crippen LogP contribution is -2.27.